The number of hydrogen-bond acceptors (Lipinski definition) is 5. The zero-order valence-corrected chi connectivity index (χ0v) is 10.6. The molecule has 0 aromatic heterocycles. The molecule has 1 amide bonds. The van der Waals surface area contributed by atoms with Gasteiger partial charge in [0.1, 0.15) is 5.75 Å². The predicted octanol–water partition coefficient (Wildman–Crippen LogP) is 1.21. The van der Waals surface area contributed by atoms with Crippen molar-refractivity contribution in [1.82, 2.24) is 10.2 Å². The van der Waals surface area contributed by atoms with E-state index < -0.39 is 0 Å². The first-order chi connectivity index (χ1) is 9.33. The SMILES string of the molecule is O=C(Oc1ccc2c(c1)OCO2)N1CCCNCC1. The van der Waals surface area contributed by atoms with E-state index in [0.29, 0.717) is 23.8 Å². The first-order valence-corrected chi connectivity index (χ1v) is 6.40. The number of rotatable bonds is 1. The van der Waals surface area contributed by atoms with Crippen molar-refractivity contribution in [2.75, 3.05) is 33.0 Å². The van der Waals surface area contributed by atoms with Gasteiger partial charge in [0.2, 0.25) is 6.79 Å². The third kappa shape index (κ3) is 2.73. The number of benzene rings is 1. The number of fused-ring (bicyclic) bond motifs is 1. The molecule has 1 N–H and O–H groups in total. The van der Waals surface area contributed by atoms with E-state index in [0.717, 1.165) is 26.1 Å². The van der Waals surface area contributed by atoms with Gasteiger partial charge in [-0.3, -0.25) is 0 Å². The van der Waals surface area contributed by atoms with Gasteiger partial charge in [-0.1, -0.05) is 0 Å². The van der Waals surface area contributed by atoms with Crippen molar-refractivity contribution in [3.05, 3.63) is 18.2 Å². The summed E-state index contributed by atoms with van der Waals surface area (Å²) in [5, 5.41) is 3.24. The van der Waals surface area contributed by atoms with E-state index in [2.05, 4.69) is 5.32 Å². The summed E-state index contributed by atoms with van der Waals surface area (Å²) in [6, 6.07) is 5.13. The van der Waals surface area contributed by atoms with Crippen LogP contribution < -0.4 is 19.5 Å². The molecule has 1 saturated heterocycles. The van der Waals surface area contributed by atoms with Gasteiger partial charge in [-0.05, 0) is 25.1 Å². The van der Waals surface area contributed by atoms with Crippen LogP contribution in [0.5, 0.6) is 17.2 Å². The maximum absolute atomic E-state index is 12.0. The summed E-state index contributed by atoms with van der Waals surface area (Å²) in [5.41, 5.74) is 0. The summed E-state index contributed by atoms with van der Waals surface area (Å²) < 4.78 is 15.8. The number of nitrogens with one attached hydrogen (secondary N) is 1. The molecular formula is C13H16N2O4. The molecule has 0 saturated carbocycles. The summed E-state index contributed by atoms with van der Waals surface area (Å²) in [6.07, 6.45) is 0.624. The number of carbonyl (C=O) groups excluding carboxylic acids is 1. The van der Waals surface area contributed by atoms with Crippen molar-refractivity contribution in [1.29, 1.82) is 0 Å². The van der Waals surface area contributed by atoms with Crippen molar-refractivity contribution >= 4 is 6.09 Å². The fourth-order valence-corrected chi connectivity index (χ4v) is 2.13. The van der Waals surface area contributed by atoms with Crippen molar-refractivity contribution in [2.24, 2.45) is 0 Å². The van der Waals surface area contributed by atoms with Gasteiger partial charge < -0.3 is 24.4 Å². The normalized spacial score (nSPS) is 18.0. The van der Waals surface area contributed by atoms with Gasteiger partial charge in [0, 0.05) is 25.7 Å². The third-order valence-corrected chi connectivity index (χ3v) is 3.15. The summed E-state index contributed by atoms with van der Waals surface area (Å²) in [5.74, 6) is 1.77. The molecule has 0 bridgehead atoms. The van der Waals surface area contributed by atoms with Crippen LogP contribution in [0.15, 0.2) is 18.2 Å². The summed E-state index contributed by atoms with van der Waals surface area (Å²) in [4.78, 5) is 13.7. The van der Waals surface area contributed by atoms with Crippen LogP contribution in [0.2, 0.25) is 0 Å². The second-order valence-electron chi connectivity index (χ2n) is 4.47. The summed E-state index contributed by atoms with van der Waals surface area (Å²) in [7, 11) is 0. The highest BCUT2D eigenvalue weighted by molar-refractivity contribution is 5.71. The van der Waals surface area contributed by atoms with Crippen LogP contribution in [0.1, 0.15) is 6.42 Å². The largest absolute Gasteiger partial charge is 0.454 e. The predicted molar refractivity (Wildman–Crippen MR) is 67.6 cm³/mol. The highest BCUT2D eigenvalue weighted by atomic mass is 16.7. The Balaban J connectivity index is 1.65. The molecule has 3 rings (SSSR count). The second-order valence-corrected chi connectivity index (χ2v) is 4.47. The van der Waals surface area contributed by atoms with Crippen molar-refractivity contribution < 1.29 is 19.0 Å². The number of carbonyl (C=O) groups is 1. The monoisotopic (exact) mass is 264 g/mol. The van der Waals surface area contributed by atoms with Crippen LogP contribution in [-0.2, 0) is 0 Å². The van der Waals surface area contributed by atoms with Crippen LogP contribution in [0, 0.1) is 0 Å². The van der Waals surface area contributed by atoms with E-state index >= 15 is 0 Å². The lowest BCUT2D eigenvalue weighted by Crippen LogP contribution is -2.36. The van der Waals surface area contributed by atoms with Gasteiger partial charge in [0.05, 0.1) is 0 Å². The first-order valence-electron chi connectivity index (χ1n) is 6.40. The van der Waals surface area contributed by atoms with Gasteiger partial charge in [-0.25, -0.2) is 4.79 Å². The Morgan fingerprint density at radius 2 is 2.11 bits per heavy atom. The topological polar surface area (TPSA) is 60.0 Å². The van der Waals surface area contributed by atoms with Crippen LogP contribution >= 0.6 is 0 Å². The van der Waals surface area contributed by atoms with E-state index in [4.69, 9.17) is 14.2 Å². The molecule has 2 aliphatic rings. The molecule has 1 aromatic carbocycles. The van der Waals surface area contributed by atoms with Crippen molar-refractivity contribution in [2.45, 2.75) is 6.42 Å². The molecule has 19 heavy (non-hydrogen) atoms. The van der Waals surface area contributed by atoms with Crippen LogP contribution in [-0.4, -0.2) is 44.0 Å². The highest BCUT2D eigenvalue weighted by Gasteiger charge is 2.19. The van der Waals surface area contributed by atoms with Gasteiger partial charge in [0.25, 0.3) is 0 Å². The summed E-state index contributed by atoms with van der Waals surface area (Å²) in [6.45, 7) is 3.34. The lowest BCUT2D eigenvalue weighted by molar-refractivity contribution is 0.155. The van der Waals surface area contributed by atoms with E-state index in [1.54, 1.807) is 23.1 Å². The molecule has 102 valence electrons. The number of ether oxygens (including phenoxy) is 3. The number of nitrogens with zero attached hydrogens (tertiary/aromatic N) is 1. The molecule has 1 aromatic rings. The second kappa shape index (κ2) is 5.36. The van der Waals surface area contributed by atoms with Crippen LogP contribution in [0.25, 0.3) is 0 Å². The quantitative estimate of drug-likeness (QED) is 0.826. The third-order valence-electron chi connectivity index (χ3n) is 3.15. The van der Waals surface area contributed by atoms with E-state index in [9.17, 15) is 4.79 Å². The number of hydrogen-bond donors (Lipinski definition) is 1. The Bertz CT molecular complexity index is 470. The molecule has 2 heterocycles. The lowest BCUT2D eigenvalue weighted by Gasteiger charge is -2.19. The standard InChI is InChI=1S/C13H16N2O4/c16-13(15-6-1-4-14-5-7-15)19-10-2-3-11-12(8-10)18-9-17-11/h2-3,8,14H,1,4-7,9H2. The fraction of sp³-hybridized carbons (Fsp3) is 0.462. The minimum Gasteiger partial charge on any atom is -0.454 e. The Morgan fingerprint density at radius 1 is 1.21 bits per heavy atom. The zero-order chi connectivity index (χ0) is 13.1. The molecule has 1 fully saturated rings. The smallest absolute Gasteiger partial charge is 0.415 e. The lowest BCUT2D eigenvalue weighted by atomic mass is 10.3. The first kappa shape index (κ1) is 12.1. The maximum atomic E-state index is 12.0. The van der Waals surface area contributed by atoms with Gasteiger partial charge in [-0.2, -0.15) is 0 Å². The van der Waals surface area contributed by atoms with E-state index in [1.807, 2.05) is 0 Å². The Kier molecular flexibility index (Phi) is 3.41. The Morgan fingerprint density at radius 3 is 3.05 bits per heavy atom. The molecule has 0 unspecified atom stereocenters. The highest BCUT2D eigenvalue weighted by Crippen LogP contribution is 2.35. The molecule has 0 spiro atoms. The molecule has 6 heteroatoms. The fourth-order valence-electron chi connectivity index (χ4n) is 2.13. The average Bonchev–Trinajstić information content (AvgIpc) is 2.71. The molecule has 6 nitrogen and oxygen atoms in total. The number of amides is 1. The molecular weight excluding hydrogens is 248 g/mol. The van der Waals surface area contributed by atoms with Gasteiger partial charge in [0.15, 0.2) is 11.5 Å². The van der Waals surface area contributed by atoms with Crippen LogP contribution in [0.3, 0.4) is 0 Å². The summed E-state index contributed by atoms with van der Waals surface area (Å²) >= 11 is 0. The molecule has 0 aliphatic carbocycles. The maximum Gasteiger partial charge on any atom is 0.415 e. The molecule has 0 atom stereocenters. The van der Waals surface area contributed by atoms with Crippen molar-refractivity contribution in [3.63, 3.8) is 0 Å². The van der Waals surface area contributed by atoms with Crippen molar-refractivity contribution in [3.8, 4) is 17.2 Å². The minimum atomic E-state index is -0.317. The molecule has 2 aliphatic heterocycles. The molecule has 0 radical (unpaired) electrons. The van der Waals surface area contributed by atoms with E-state index in [1.165, 1.54) is 0 Å². The van der Waals surface area contributed by atoms with Gasteiger partial charge >= 0.3 is 6.09 Å². The average molecular weight is 264 g/mol. The Labute approximate surface area is 111 Å². The minimum absolute atomic E-state index is 0.213. The van der Waals surface area contributed by atoms with Gasteiger partial charge in [-0.15, -0.1) is 0 Å². The van der Waals surface area contributed by atoms with Crippen LogP contribution in [0.4, 0.5) is 4.79 Å². The Hall–Kier alpha value is -1.95. The zero-order valence-electron chi connectivity index (χ0n) is 10.6. The van der Waals surface area contributed by atoms with E-state index in [-0.39, 0.29) is 12.9 Å².